The maximum atomic E-state index is 12.9. The fraction of sp³-hybridized carbons (Fsp3) is 0.273. The molecule has 5 heteroatoms. The molecule has 0 radical (unpaired) electrons. The zero-order chi connectivity index (χ0) is 12.3. The lowest BCUT2D eigenvalue weighted by Crippen LogP contribution is -2.14. The molecule has 0 fully saturated rings. The molecular weight excluding hydrogens is 209 g/mol. The summed E-state index contributed by atoms with van der Waals surface area (Å²) in [5.41, 5.74) is 6.64. The fourth-order valence-electron chi connectivity index (χ4n) is 1.40. The first-order valence-corrected chi connectivity index (χ1v) is 5.03. The van der Waals surface area contributed by atoms with Crippen molar-refractivity contribution in [2.75, 3.05) is 0 Å². The molecule has 0 bridgehead atoms. The molecule has 0 saturated carbocycles. The zero-order valence-corrected chi connectivity index (χ0v) is 9.49. The van der Waals surface area contributed by atoms with Gasteiger partial charge in [0, 0.05) is 6.07 Å². The predicted molar refractivity (Wildman–Crippen MR) is 59.8 cm³/mol. The van der Waals surface area contributed by atoms with Gasteiger partial charge >= 0.3 is 0 Å². The summed E-state index contributed by atoms with van der Waals surface area (Å²) >= 11 is 0. The number of amides is 1. The van der Waals surface area contributed by atoms with Crippen LogP contribution in [0.4, 0.5) is 4.39 Å². The van der Waals surface area contributed by atoms with E-state index in [1.54, 1.807) is 6.92 Å². The van der Waals surface area contributed by atoms with Crippen molar-refractivity contribution in [2.45, 2.75) is 20.8 Å². The minimum Gasteiger partial charge on any atom is -0.366 e. The summed E-state index contributed by atoms with van der Waals surface area (Å²) in [7, 11) is 0. The Morgan fingerprint density at radius 2 is 2.12 bits per heavy atom. The fourth-order valence-corrected chi connectivity index (χ4v) is 1.40. The Hall–Kier alpha value is -1.91. The van der Waals surface area contributed by atoms with Gasteiger partial charge in [0.2, 0.25) is 0 Å². The molecule has 2 heterocycles. The first-order chi connectivity index (χ1) is 7.59. The van der Waals surface area contributed by atoms with E-state index in [4.69, 9.17) is 5.73 Å². The van der Waals surface area contributed by atoms with Crippen molar-refractivity contribution in [1.82, 2.24) is 9.61 Å². The average Bonchev–Trinajstić information content (AvgIpc) is 2.62. The van der Waals surface area contributed by atoms with Crippen LogP contribution in [0.25, 0.3) is 5.52 Å². The molecule has 2 N–H and O–H groups in total. The van der Waals surface area contributed by atoms with Crippen LogP contribution in [-0.4, -0.2) is 15.5 Å². The van der Waals surface area contributed by atoms with E-state index < -0.39 is 5.91 Å². The average molecular weight is 223 g/mol. The van der Waals surface area contributed by atoms with Crippen molar-refractivity contribution in [2.24, 2.45) is 5.73 Å². The van der Waals surface area contributed by atoms with Crippen LogP contribution < -0.4 is 5.73 Å². The second kappa shape index (κ2) is 4.74. The van der Waals surface area contributed by atoms with Crippen LogP contribution >= 0.6 is 0 Å². The van der Waals surface area contributed by atoms with Crippen LogP contribution in [-0.2, 0) is 0 Å². The van der Waals surface area contributed by atoms with E-state index in [0.29, 0.717) is 16.6 Å². The second-order valence-electron chi connectivity index (χ2n) is 3.04. The van der Waals surface area contributed by atoms with Crippen LogP contribution in [0.15, 0.2) is 18.5 Å². The third kappa shape index (κ3) is 2.03. The zero-order valence-electron chi connectivity index (χ0n) is 9.49. The van der Waals surface area contributed by atoms with Crippen LogP contribution in [0.5, 0.6) is 0 Å². The molecule has 0 aliphatic carbocycles. The third-order valence-corrected chi connectivity index (χ3v) is 2.13. The predicted octanol–water partition coefficient (Wildman–Crippen LogP) is 1.91. The Morgan fingerprint density at radius 3 is 2.69 bits per heavy atom. The summed E-state index contributed by atoms with van der Waals surface area (Å²) in [6.45, 7) is 5.70. The number of hydrogen-bond donors (Lipinski definition) is 1. The lowest BCUT2D eigenvalue weighted by Gasteiger charge is -2.02. The molecule has 0 aromatic carbocycles. The van der Waals surface area contributed by atoms with Gasteiger partial charge in [0.25, 0.3) is 5.91 Å². The number of carbonyl (C=O) groups is 1. The van der Waals surface area contributed by atoms with Gasteiger partial charge in [-0.15, -0.1) is 0 Å². The molecule has 86 valence electrons. The highest BCUT2D eigenvalue weighted by Crippen LogP contribution is 2.15. The van der Waals surface area contributed by atoms with E-state index in [1.807, 2.05) is 13.8 Å². The molecular formula is C11H14FN3O. The molecule has 1 amide bonds. The summed E-state index contributed by atoms with van der Waals surface area (Å²) < 4.78 is 14.2. The van der Waals surface area contributed by atoms with Crippen molar-refractivity contribution in [3.05, 3.63) is 35.4 Å². The number of aryl methyl sites for hydroxylation is 1. The van der Waals surface area contributed by atoms with E-state index in [1.165, 1.54) is 23.0 Å². The van der Waals surface area contributed by atoms with Crippen LogP contribution in [0.1, 0.15) is 29.8 Å². The van der Waals surface area contributed by atoms with Gasteiger partial charge in [0.15, 0.2) is 0 Å². The van der Waals surface area contributed by atoms with Gasteiger partial charge in [-0.2, -0.15) is 5.10 Å². The van der Waals surface area contributed by atoms with E-state index in [9.17, 15) is 9.18 Å². The number of nitrogens with zero attached hydrogens (tertiary/aromatic N) is 2. The molecule has 2 aromatic rings. The number of hydrogen-bond acceptors (Lipinski definition) is 2. The number of primary amides is 1. The van der Waals surface area contributed by atoms with Crippen molar-refractivity contribution in [3.63, 3.8) is 0 Å². The van der Waals surface area contributed by atoms with Crippen molar-refractivity contribution in [1.29, 1.82) is 0 Å². The highest BCUT2D eigenvalue weighted by molar-refractivity contribution is 5.95. The lowest BCUT2D eigenvalue weighted by molar-refractivity contribution is 0.0999. The van der Waals surface area contributed by atoms with Crippen molar-refractivity contribution < 1.29 is 9.18 Å². The third-order valence-electron chi connectivity index (χ3n) is 2.13. The van der Waals surface area contributed by atoms with Gasteiger partial charge in [-0.05, 0) is 12.5 Å². The molecule has 0 unspecified atom stereocenters. The molecule has 2 aromatic heterocycles. The SMILES string of the molecule is CC.Cc1c(C(N)=O)cnn2cc(F)cc12. The first-order valence-electron chi connectivity index (χ1n) is 5.03. The maximum absolute atomic E-state index is 12.9. The second-order valence-corrected chi connectivity index (χ2v) is 3.04. The summed E-state index contributed by atoms with van der Waals surface area (Å²) in [4.78, 5) is 11.0. The highest BCUT2D eigenvalue weighted by atomic mass is 19.1. The number of aromatic nitrogens is 2. The summed E-state index contributed by atoms with van der Waals surface area (Å²) in [5, 5.41) is 3.86. The van der Waals surface area contributed by atoms with Gasteiger partial charge in [-0.3, -0.25) is 4.79 Å². The van der Waals surface area contributed by atoms with Gasteiger partial charge in [0.1, 0.15) is 5.82 Å². The Bertz CT molecular complexity index is 519. The lowest BCUT2D eigenvalue weighted by atomic mass is 10.1. The maximum Gasteiger partial charge on any atom is 0.250 e. The first kappa shape index (κ1) is 12.2. The Morgan fingerprint density at radius 1 is 1.50 bits per heavy atom. The Balaban J connectivity index is 0.000000606. The normalized spacial score (nSPS) is 9.75. The highest BCUT2D eigenvalue weighted by Gasteiger charge is 2.10. The van der Waals surface area contributed by atoms with Gasteiger partial charge in [-0.25, -0.2) is 8.91 Å². The van der Waals surface area contributed by atoms with E-state index >= 15 is 0 Å². The summed E-state index contributed by atoms with van der Waals surface area (Å²) in [6.07, 6.45) is 2.58. The van der Waals surface area contributed by atoms with Gasteiger partial charge in [0.05, 0.1) is 23.5 Å². The van der Waals surface area contributed by atoms with Gasteiger partial charge in [-0.1, -0.05) is 13.8 Å². The molecule has 2 rings (SSSR count). The van der Waals surface area contributed by atoms with Crippen LogP contribution in [0.3, 0.4) is 0 Å². The standard InChI is InChI=1S/C9H8FN3O.C2H6/c1-5-7(9(11)14)3-12-13-4-6(10)2-8(5)13;1-2/h2-4H,1H3,(H2,11,14);1-2H3. The van der Waals surface area contributed by atoms with E-state index in [-0.39, 0.29) is 5.82 Å². The quantitative estimate of drug-likeness (QED) is 0.802. The Kier molecular flexibility index (Phi) is 3.60. The molecule has 16 heavy (non-hydrogen) atoms. The smallest absolute Gasteiger partial charge is 0.250 e. The molecule has 0 aliphatic rings. The van der Waals surface area contributed by atoms with Gasteiger partial charge < -0.3 is 5.73 Å². The van der Waals surface area contributed by atoms with Crippen LogP contribution in [0, 0.1) is 12.7 Å². The molecule has 0 aliphatic heterocycles. The minimum atomic E-state index is -0.556. The number of nitrogens with two attached hydrogens (primary N) is 1. The molecule has 0 saturated heterocycles. The number of halogens is 1. The Labute approximate surface area is 92.9 Å². The number of rotatable bonds is 1. The topological polar surface area (TPSA) is 60.4 Å². The van der Waals surface area contributed by atoms with E-state index in [0.717, 1.165) is 0 Å². The molecule has 4 nitrogen and oxygen atoms in total. The summed E-state index contributed by atoms with van der Waals surface area (Å²) in [5.74, 6) is -0.943. The molecule has 0 spiro atoms. The largest absolute Gasteiger partial charge is 0.366 e. The van der Waals surface area contributed by atoms with Crippen molar-refractivity contribution >= 4 is 11.4 Å². The van der Waals surface area contributed by atoms with Crippen LogP contribution in [0.2, 0.25) is 0 Å². The number of fused-ring (bicyclic) bond motifs is 1. The number of carbonyl (C=O) groups excluding carboxylic acids is 1. The summed E-state index contributed by atoms with van der Waals surface area (Å²) in [6, 6.07) is 1.31. The van der Waals surface area contributed by atoms with Crippen molar-refractivity contribution in [3.8, 4) is 0 Å². The molecule has 0 atom stereocenters. The monoisotopic (exact) mass is 223 g/mol. The van der Waals surface area contributed by atoms with E-state index in [2.05, 4.69) is 5.10 Å². The minimum absolute atomic E-state index is 0.315.